The van der Waals surface area contributed by atoms with Crippen LogP contribution in [0.15, 0.2) is 22.7 Å². The van der Waals surface area contributed by atoms with Crippen molar-refractivity contribution >= 4 is 21.6 Å². The molecule has 2 nitrogen and oxygen atoms in total. The Hall–Kier alpha value is -0.540. The van der Waals surface area contributed by atoms with Crippen LogP contribution in [0.3, 0.4) is 0 Å². The Bertz CT molecular complexity index is 347. The summed E-state index contributed by atoms with van der Waals surface area (Å²) in [7, 11) is 1.78. The molecular formula is C12H16BrNO. The van der Waals surface area contributed by atoms with E-state index in [-0.39, 0.29) is 0 Å². The second-order valence-corrected chi connectivity index (χ2v) is 4.90. The van der Waals surface area contributed by atoms with E-state index in [0.717, 1.165) is 12.8 Å². The molecule has 3 heteroatoms. The highest BCUT2D eigenvalue weighted by Gasteiger charge is 2.29. The van der Waals surface area contributed by atoms with E-state index in [0.29, 0.717) is 12.1 Å². The van der Waals surface area contributed by atoms with Crippen molar-refractivity contribution in [2.24, 2.45) is 0 Å². The molecule has 2 rings (SSSR count). The van der Waals surface area contributed by atoms with Crippen LogP contribution in [0, 0.1) is 6.92 Å². The Labute approximate surface area is 99.1 Å². The maximum absolute atomic E-state index is 5.26. The van der Waals surface area contributed by atoms with Crippen LogP contribution in [0.4, 0.5) is 5.69 Å². The average molecular weight is 270 g/mol. The van der Waals surface area contributed by atoms with Crippen LogP contribution in [0.1, 0.15) is 18.4 Å². The summed E-state index contributed by atoms with van der Waals surface area (Å²) in [6.45, 7) is 2.11. The summed E-state index contributed by atoms with van der Waals surface area (Å²) in [5.41, 5.74) is 2.46. The number of aryl methyl sites for hydroxylation is 1. The molecule has 82 valence electrons. The lowest BCUT2D eigenvalue weighted by atomic mass is 9.89. The van der Waals surface area contributed by atoms with Gasteiger partial charge in [0.15, 0.2) is 0 Å². The fourth-order valence-corrected chi connectivity index (χ4v) is 2.23. The molecule has 1 aromatic carbocycles. The minimum absolute atomic E-state index is 0.450. The first kappa shape index (κ1) is 11.0. The van der Waals surface area contributed by atoms with E-state index in [1.807, 2.05) is 0 Å². The zero-order valence-electron chi connectivity index (χ0n) is 9.09. The van der Waals surface area contributed by atoms with Gasteiger partial charge in [0.2, 0.25) is 0 Å². The lowest BCUT2D eigenvalue weighted by Gasteiger charge is -2.35. The predicted molar refractivity (Wildman–Crippen MR) is 66.3 cm³/mol. The molecule has 1 aliphatic rings. The molecule has 0 saturated heterocycles. The van der Waals surface area contributed by atoms with Crippen LogP contribution in [-0.4, -0.2) is 19.3 Å². The number of ether oxygens (including phenoxy) is 1. The average Bonchev–Trinajstić information content (AvgIpc) is 2.17. The minimum atomic E-state index is 0.450. The molecule has 0 atom stereocenters. The Morgan fingerprint density at radius 3 is 2.80 bits per heavy atom. The Kier molecular flexibility index (Phi) is 3.32. The van der Waals surface area contributed by atoms with Gasteiger partial charge in [0.25, 0.3) is 0 Å². The van der Waals surface area contributed by atoms with Crippen LogP contribution in [0.5, 0.6) is 0 Å². The highest BCUT2D eigenvalue weighted by molar-refractivity contribution is 9.10. The van der Waals surface area contributed by atoms with Crippen LogP contribution in [0.2, 0.25) is 0 Å². The fraction of sp³-hybridized carbons (Fsp3) is 0.500. The van der Waals surface area contributed by atoms with Crippen molar-refractivity contribution < 1.29 is 4.74 Å². The van der Waals surface area contributed by atoms with E-state index < -0.39 is 0 Å². The Morgan fingerprint density at radius 2 is 2.13 bits per heavy atom. The van der Waals surface area contributed by atoms with Gasteiger partial charge in [0.05, 0.1) is 6.10 Å². The monoisotopic (exact) mass is 269 g/mol. The summed E-state index contributed by atoms with van der Waals surface area (Å²) in [6, 6.07) is 6.85. The second-order valence-electron chi connectivity index (χ2n) is 4.11. The third-order valence-corrected chi connectivity index (χ3v) is 4.03. The largest absolute Gasteiger partial charge is 0.381 e. The van der Waals surface area contributed by atoms with Gasteiger partial charge in [0.1, 0.15) is 0 Å². The molecule has 0 amide bonds. The molecule has 0 aromatic heterocycles. The standard InChI is InChI=1S/C12H16BrNO/c1-8-4-3-5-11(12(8)13)14-9-6-10(7-9)15-2/h3-5,9-10,14H,6-7H2,1-2H3. The van der Waals surface area contributed by atoms with Gasteiger partial charge in [0, 0.05) is 23.3 Å². The van der Waals surface area contributed by atoms with Crippen molar-refractivity contribution in [1.29, 1.82) is 0 Å². The van der Waals surface area contributed by atoms with Gasteiger partial charge >= 0.3 is 0 Å². The topological polar surface area (TPSA) is 21.3 Å². The van der Waals surface area contributed by atoms with Gasteiger partial charge in [-0.3, -0.25) is 0 Å². The van der Waals surface area contributed by atoms with Gasteiger partial charge in [-0.25, -0.2) is 0 Å². The number of halogens is 1. The summed E-state index contributed by atoms with van der Waals surface area (Å²) in [5.74, 6) is 0. The lowest BCUT2D eigenvalue weighted by molar-refractivity contribution is 0.0328. The van der Waals surface area contributed by atoms with Crippen LogP contribution in [0.25, 0.3) is 0 Å². The van der Waals surface area contributed by atoms with Crippen molar-refractivity contribution in [2.75, 3.05) is 12.4 Å². The maximum atomic E-state index is 5.26. The van der Waals surface area contributed by atoms with E-state index >= 15 is 0 Å². The summed E-state index contributed by atoms with van der Waals surface area (Å²) in [4.78, 5) is 0. The predicted octanol–water partition coefficient (Wildman–Crippen LogP) is 3.35. The summed E-state index contributed by atoms with van der Waals surface area (Å²) >= 11 is 3.60. The van der Waals surface area contributed by atoms with Crippen LogP contribution >= 0.6 is 15.9 Å². The van der Waals surface area contributed by atoms with Crippen molar-refractivity contribution in [2.45, 2.75) is 31.9 Å². The lowest BCUT2D eigenvalue weighted by Crippen LogP contribution is -2.40. The zero-order chi connectivity index (χ0) is 10.8. The van der Waals surface area contributed by atoms with Crippen LogP contribution in [-0.2, 0) is 4.74 Å². The van der Waals surface area contributed by atoms with Crippen molar-refractivity contribution in [1.82, 2.24) is 0 Å². The molecule has 0 unspecified atom stereocenters. The van der Waals surface area contributed by atoms with E-state index in [9.17, 15) is 0 Å². The van der Waals surface area contributed by atoms with Gasteiger partial charge < -0.3 is 10.1 Å². The van der Waals surface area contributed by atoms with E-state index in [1.54, 1.807) is 7.11 Å². The van der Waals surface area contributed by atoms with E-state index in [4.69, 9.17) is 4.74 Å². The van der Waals surface area contributed by atoms with Gasteiger partial charge in [-0.05, 0) is 47.3 Å². The number of methoxy groups -OCH3 is 1. The minimum Gasteiger partial charge on any atom is -0.381 e. The third kappa shape index (κ3) is 2.34. The number of hydrogen-bond donors (Lipinski definition) is 1. The Morgan fingerprint density at radius 1 is 1.40 bits per heavy atom. The number of benzene rings is 1. The third-order valence-electron chi connectivity index (χ3n) is 2.98. The molecule has 1 fully saturated rings. The first-order valence-electron chi connectivity index (χ1n) is 5.25. The SMILES string of the molecule is COC1CC(Nc2cccc(C)c2Br)C1. The number of hydrogen-bond acceptors (Lipinski definition) is 2. The van der Waals surface area contributed by atoms with Gasteiger partial charge in [-0.1, -0.05) is 12.1 Å². The molecule has 1 aromatic rings. The summed E-state index contributed by atoms with van der Waals surface area (Å²) < 4.78 is 6.43. The molecule has 1 N–H and O–H groups in total. The highest BCUT2D eigenvalue weighted by atomic mass is 79.9. The van der Waals surface area contributed by atoms with E-state index in [1.165, 1.54) is 15.7 Å². The smallest absolute Gasteiger partial charge is 0.0610 e. The van der Waals surface area contributed by atoms with Crippen LogP contribution < -0.4 is 5.32 Å². The second kappa shape index (κ2) is 4.54. The molecular weight excluding hydrogens is 254 g/mol. The van der Waals surface area contributed by atoms with Crippen molar-refractivity contribution in [3.05, 3.63) is 28.2 Å². The molecule has 0 heterocycles. The Balaban J connectivity index is 1.97. The summed E-state index contributed by atoms with van der Waals surface area (Å²) in [6.07, 6.45) is 2.67. The molecule has 0 bridgehead atoms. The molecule has 0 aliphatic heterocycles. The summed E-state index contributed by atoms with van der Waals surface area (Å²) in [5, 5.41) is 3.52. The van der Waals surface area contributed by atoms with Gasteiger partial charge in [-0.2, -0.15) is 0 Å². The first-order chi connectivity index (χ1) is 7.20. The van der Waals surface area contributed by atoms with E-state index in [2.05, 4.69) is 46.4 Å². The number of rotatable bonds is 3. The number of anilines is 1. The first-order valence-corrected chi connectivity index (χ1v) is 6.04. The fourth-order valence-electron chi connectivity index (χ4n) is 1.85. The number of nitrogens with one attached hydrogen (secondary N) is 1. The normalized spacial score (nSPS) is 24.7. The molecule has 1 aliphatic carbocycles. The maximum Gasteiger partial charge on any atom is 0.0610 e. The zero-order valence-corrected chi connectivity index (χ0v) is 10.7. The quantitative estimate of drug-likeness (QED) is 0.909. The molecule has 0 spiro atoms. The van der Waals surface area contributed by atoms with Crippen molar-refractivity contribution in [3.63, 3.8) is 0 Å². The molecule has 15 heavy (non-hydrogen) atoms. The molecule has 1 saturated carbocycles. The molecule has 0 radical (unpaired) electrons. The van der Waals surface area contributed by atoms with Crippen molar-refractivity contribution in [3.8, 4) is 0 Å². The van der Waals surface area contributed by atoms with Gasteiger partial charge in [-0.15, -0.1) is 0 Å². The highest BCUT2D eigenvalue weighted by Crippen LogP contribution is 2.31.